The molecule has 0 aliphatic heterocycles. The average Bonchev–Trinajstić information content (AvgIpc) is 2.97. The number of ether oxygens (including phenoxy) is 1. The van der Waals surface area contributed by atoms with Gasteiger partial charge < -0.3 is 14.6 Å². The lowest BCUT2D eigenvalue weighted by atomic mass is 10.1. The van der Waals surface area contributed by atoms with Gasteiger partial charge in [-0.3, -0.25) is 4.79 Å². The molecule has 0 fully saturated rings. The van der Waals surface area contributed by atoms with Gasteiger partial charge in [-0.15, -0.1) is 0 Å². The minimum Gasteiger partial charge on any atom is -0.488 e. The standard InChI is InChI=1S/C19H18BrN3O3/c1-11-4-6-16(12(2)8-11)25-10-15-13(3)26-23-18(15)19(24)22-17-7-5-14(20)9-21-17/h4-9H,10H2,1-3H3,(H,21,22,24). The molecule has 0 radical (unpaired) electrons. The third kappa shape index (κ3) is 4.11. The molecule has 0 aliphatic rings. The number of hydrogen-bond donors (Lipinski definition) is 1. The Balaban J connectivity index is 1.75. The Labute approximate surface area is 159 Å². The lowest BCUT2D eigenvalue weighted by molar-refractivity contribution is 0.101. The lowest BCUT2D eigenvalue weighted by Gasteiger charge is -2.10. The van der Waals surface area contributed by atoms with E-state index in [1.165, 1.54) is 0 Å². The molecule has 6 nitrogen and oxygen atoms in total. The number of carbonyl (C=O) groups excluding carboxylic acids is 1. The molecule has 0 spiro atoms. The number of nitrogens with one attached hydrogen (secondary N) is 1. The normalized spacial score (nSPS) is 10.6. The van der Waals surface area contributed by atoms with E-state index >= 15 is 0 Å². The van der Waals surface area contributed by atoms with Crippen molar-refractivity contribution in [3.05, 3.63) is 69.1 Å². The summed E-state index contributed by atoms with van der Waals surface area (Å²) in [7, 11) is 0. The molecule has 0 saturated heterocycles. The lowest BCUT2D eigenvalue weighted by Crippen LogP contribution is -2.16. The van der Waals surface area contributed by atoms with E-state index in [1.807, 2.05) is 32.0 Å². The number of nitrogens with zero attached hydrogens (tertiary/aromatic N) is 2. The fourth-order valence-electron chi connectivity index (χ4n) is 2.48. The predicted molar refractivity (Wildman–Crippen MR) is 101 cm³/mol. The number of rotatable bonds is 5. The topological polar surface area (TPSA) is 77.2 Å². The maximum atomic E-state index is 12.5. The highest BCUT2D eigenvalue weighted by Gasteiger charge is 2.21. The number of benzene rings is 1. The molecule has 0 atom stereocenters. The van der Waals surface area contributed by atoms with Crippen LogP contribution in [0.3, 0.4) is 0 Å². The fourth-order valence-corrected chi connectivity index (χ4v) is 2.71. The Bertz CT molecular complexity index is 936. The summed E-state index contributed by atoms with van der Waals surface area (Å²) in [4.78, 5) is 16.6. The van der Waals surface area contributed by atoms with E-state index in [1.54, 1.807) is 25.3 Å². The molecular weight excluding hydrogens is 398 g/mol. The number of anilines is 1. The first-order valence-corrected chi connectivity index (χ1v) is 8.81. The highest BCUT2D eigenvalue weighted by Crippen LogP contribution is 2.22. The van der Waals surface area contributed by atoms with E-state index < -0.39 is 5.91 Å². The summed E-state index contributed by atoms with van der Waals surface area (Å²) in [5, 5.41) is 6.58. The van der Waals surface area contributed by atoms with E-state index in [4.69, 9.17) is 9.26 Å². The SMILES string of the molecule is Cc1ccc(OCc2c(C(=O)Nc3ccc(Br)cn3)noc2C)c(C)c1. The van der Waals surface area contributed by atoms with Crippen molar-refractivity contribution in [2.45, 2.75) is 27.4 Å². The van der Waals surface area contributed by atoms with Gasteiger partial charge in [0, 0.05) is 10.7 Å². The van der Waals surface area contributed by atoms with Crippen molar-refractivity contribution >= 4 is 27.7 Å². The maximum absolute atomic E-state index is 12.5. The van der Waals surface area contributed by atoms with Crippen molar-refractivity contribution < 1.29 is 14.1 Å². The highest BCUT2D eigenvalue weighted by atomic mass is 79.9. The molecule has 2 heterocycles. The summed E-state index contributed by atoms with van der Waals surface area (Å²) < 4.78 is 11.9. The molecule has 1 aromatic carbocycles. The van der Waals surface area contributed by atoms with Gasteiger partial charge >= 0.3 is 0 Å². The van der Waals surface area contributed by atoms with Gasteiger partial charge in [0.2, 0.25) is 0 Å². The largest absolute Gasteiger partial charge is 0.488 e. The van der Waals surface area contributed by atoms with Crippen LogP contribution in [0.1, 0.15) is 32.9 Å². The molecule has 1 N–H and O–H groups in total. The molecular formula is C19H18BrN3O3. The van der Waals surface area contributed by atoms with Crippen LogP contribution in [0.4, 0.5) is 5.82 Å². The second-order valence-electron chi connectivity index (χ2n) is 5.94. The van der Waals surface area contributed by atoms with Gasteiger partial charge in [-0.25, -0.2) is 4.98 Å². The van der Waals surface area contributed by atoms with Crippen LogP contribution in [-0.4, -0.2) is 16.0 Å². The summed E-state index contributed by atoms with van der Waals surface area (Å²) in [5.74, 6) is 1.34. The van der Waals surface area contributed by atoms with Gasteiger partial charge in [0.25, 0.3) is 5.91 Å². The van der Waals surface area contributed by atoms with Gasteiger partial charge in [-0.05, 0) is 60.5 Å². The zero-order valence-electron chi connectivity index (χ0n) is 14.7. The molecule has 7 heteroatoms. The monoisotopic (exact) mass is 415 g/mol. The molecule has 3 aromatic rings. The summed E-state index contributed by atoms with van der Waals surface area (Å²) in [5.41, 5.74) is 3.00. The third-order valence-corrected chi connectivity index (χ3v) is 4.34. The molecule has 0 aliphatic carbocycles. The van der Waals surface area contributed by atoms with Crippen LogP contribution in [0.25, 0.3) is 0 Å². The Kier molecular flexibility index (Phi) is 5.37. The zero-order chi connectivity index (χ0) is 18.7. The van der Waals surface area contributed by atoms with Gasteiger partial charge in [0.1, 0.15) is 23.9 Å². The van der Waals surface area contributed by atoms with Gasteiger partial charge in [0.05, 0.1) is 5.56 Å². The maximum Gasteiger partial charge on any atom is 0.279 e. The van der Waals surface area contributed by atoms with E-state index in [2.05, 4.69) is 31.4 Å². The van der Waals surface area contributed by atoms with Crippen molar-refractivity contribution in [2.24, 2.45) is 0 Å². The van der Waals surface area contributed by atoms with Gasteiger partial charge in [0.15, 0.2) is 5.69 Å². The van der Waals surface area contributed by atoms with E-state index in [0.717, 1.165) is 21.3 Å². The van der Waals surface area contributed by atoms with E-state index in [9.17, 15) is 4.79 Å². The summed E-state index contributed by atoms with van der Waals surface area (Å²) >= 11 is 3.31. The molecule has 0 unspecified atom stereocenters. The fraction of sp³-hybridized carbons (Fsp3) is 0.211. The number of amides is 1. The Morgan fingerprint density at radius 1 is 1.23 bits per heavy atom. The average molecular weight is 416 g/mol. The first kappa shape index (κ1) is 18.1. The van der Waals surface area contributed by atoms with Crippen molar-refractivity contribution in [1.82, 2.24) is 10.1 Å². The predicted octanol–water partition coefficient (Wildman–Crippen LogP) is 4.59. The number of pyridine rings is 1. The van der Waals surface area contributed by atoms with Crippen LogP contribution >= 0.6 is 15.9 Å². The molecule has 0 saturated carbocycles. The number of carbonyl (C=O) groups is 1. The highest BCUT2D eigenvalue weighted by molar-refractivity contribution is 9.10. The summed E-state index contributed by atoms with van der Waals surface area (Å²) in [6.07, 6.45) is 1.61. The van der Waals surface area contributed by atoms with Gasteiger partial charge in [-0.1, -0.05) is 22.9 Å². The Hall–Kier alpha value is -2.67. The van der Waals surface area contributed by atoms with Crippen LogP contribution in [0, 0.1) is 20.8 Å². The molecule has 3 rings (SSSR count). The van der Waals surface area contributed by atoms with Gasteiger partial charge in [-0.2, -0.15) is 0 Å². The van der Waals surface area contributed by atoms with Crippen molar-refractivity contribution in [3.63, 3.8) is 0 Å². The molecule has 1 amide bonds. The smallest absolute Gasteiger partial charge is 0.279 e. The number of hydrogen-bond acceptors (Lipinski definition) is 5. The first-order valence-electron chi connectivity index (χ1n) is 8.02. The molecule has 134 valence electrons. The first-order chi connectivity index (χ1) is 12.4. The van der Waals surface area contributed by atoms with E-state index in [-0.39, 0.29) is 12.3 Å². The number of aryl methyl sites for hydroxylation is 3. The van der Waals surface area contributed by atoms with E-state index in [0.29, 0.717) is 17.1 Å². The van der Waals surface area contributed by atoms with Crippen molar-refractivity contribution in [3.8, 4) is 5.75 Å². The van der Waals surface area contributed by atoms with Crippen LogP contribution < -0.4 is 10.1 Å². The van der Waals surface area contributed by atoms with Crippen LogP contribution in [0.2, 0.25) is 0 Å². The quantitative estimate of drug-likeness (QED) is 0.659. The molecule has 2 aromatic heterocycles. The second kappa shape index (κ2) is 7.70. The number of aromatic nitrogens is 2. The van der Waals surface area contributed by atoms with Crippen LogP contribution in [-0.2, 0) is 6.61 Å². The van der Waals surface area contributed by atoms with Crippen LogP contribution in [0.5, 0.6) is 5.75 Å². The summed E-state index contributed by atoms with van der Waals surface area (Å²) in [6, 6.07) is 9.43. The zero-order valence-corrected chi connectivity index (χ0v) is 16.3. The molecule has 26 heavy (non-hydrogen) atoms. The minimum atomic E-state index is -0.393. The molecule has 0 bridgehead atoms. The minimum absolute atomic E-state index is 0.190. The number of halogens is 1. The Morgan fingerprint density at radius 3 is 2.73 bits per heavy atom. The second-order valence-corrected chi connectivity index (χ2v) is 6.86. The third-order valence-electron chi connectivity index (χ3n) is 3.87. The van der Waals surface area contributed by atoms with Crippen molar-refractivity contribution in [2.75, 3.05) is 5.32 Å². The van der Waals surface area contributed by atoms with Crippen LogP contribution in [0.15, 0.2) is 45.5 Å². The summed E-state index contributed by atoms with van der Waals surface area (Å²) in [6.45, 7) is 5.95. The van der Waals surface area contributed by atoms with Crippen molar-refractivity contribution in [1.29, 1.82) is 0 Å². The Morgan fingerprint density at radius 2 is 2.04 bits per heavy atom.